The predicted molar refractivity (Wildman–Crippen MR) is 149 cm³/mol. The van der Waals surface area contributed by atoms with Gasteiger partial charge in [-0.1, -0.05) is 49.9 Å². The zero-order valence-electron chi connectivity index (χ0n) is 22.1. The Morgan fingerprint density at radius 3 is 2.62 bits per heavy atom. The molecule has 0 radical (unpaired) electrons. The number of amides is 1. The summed E-state index contributed by atoms with van der Waals surface area (Å²) < 4.78 is 13.7. The number of nitrogens with zero attached hydrogens (tertiary/aromatic N) is 3. The van der Waals surface area contributed by atoms with Crippen LogP contribution < -0.4 is 20.1 Å². The molecule has 1 amide bonds. The third-order valence-corrected chi connectivity index (χ3v) is 6.99. The maximum absolute atomic E-state index is 13.8. The molecule has 4 rings (SSSR count). The molecule has 0 aliphatic carbocycles. The largest absolute Gasteiger partial charge is 0.490 e. The van der Waals surface area contributed by atoms with Crippen LogP contribution in [-0.4, -0.2) is 39.6 Å². The van der Waals surface area contributed by atoms with Crippen LogP contribution in [0.2, 0.25) is 0 Å². The molecule has 8 nitrogen and oxygen atoms in total. The zero-order valence-corrected chi connectivity index (χ0v) is 22.9. The van der Waals surface area contributed by atoms with Gasteiger partial charge in [0.15, 0.2) is 11.5 Å². The molecule has 0 saturated heterocycles. The number of anilines is 2. The number of ether oxygens (including phenoxy) is 2. The minimum Gasteiger partial charge on any atom is -0.490 e. The van der Waals surface area contributed by atoms with E-state index in [0.717, 1.165) is 41.1 Å². The Kier molecular flexibility index (Phi) is 8.76. The summed E-state index contributed by atoms with van der Waals surface area (Å²) in [5, 5.41) is 11.9. The van der Waals surface area contributed by atoms with Crippen molar-refractivity contribution in [3.63, 3.8) is 0 Å². The van der Waals surface area contributed by atoms with Gasteiger partial charge in [-0.25, -0.2) is 4.68 Å². The molecular formula is C28H35N5O3S. The van der Waals surface area contributed by atoms with Crippen molar-refractivity contribution in [1.29, 1.82) is 0 Å². The second-order valence-electron chi connectivity index (χ2n) is 8.83. The van der Waals surface area contributed by atoms with Crippen molar-refractivity contribution < 1.29 is 14.3 Å². The summed E-state index contributed by atoms with van der Waals surface area (Å²) in [5.74, 6) is 2.66. The highest BCUT2D eigenvalue weighted by Gasteiger charge is 2.35. The van der Waals surface area contributed by atoms with Crippen LogP contribution in [-0.2, 0) is 4.79 Å². The van der Waals surface area contributed by atoms with Gasteiger partial charge in [0.25, 0.3) is 5.91 Å². The third kappa shape index (κ3) is 5.93. The third-order valence-electron chi connectivity index (χ3n) is 5.95. The van der Waals surface area contributed by atoms with Crippen molar-refractivity contribution in [3.8, 4) is 11.5 Å². The second kappa shape index (κ2) is 12.2. The number of fused-ring (bicyclic) bond motifs is 1. The predicted octanol–water partition coefficient (Wildman–Crippen LogP) is 6.20. The van der Waals surface area contributed by atoms with E-state index < -0.39 is 6.04 Å². The highest BCUT2D eigenvalue weighted by atomic mass is 32.2. The summed E-state index contributed by atoms with van der Waals surface area (Å²) in [5.41, 5.74) is 3.92. The molecule has 2 aromatic carbocycles. The lowest BCUT2D eigenvalue weighted by molar-refractivity contribution is -0.113. The van der Waals surface area contributed by atoms with Crippen molar-refractivity contribution in [2.75, 3.05) is 29.6 Å². The molecule has 1 aliphatic rings. The maximum Gasteiger partial charge on any atom is 0.255 e. The molecule has 9 heteroatoms. The van der Waals surface area contributed by atoms with Crippen LogP contribution in [0.25, 0.3) is 0 Å². The molecule has 1 atom stereocenters. The summed E-state index contributed by atoms with van der Waals surface area (Å²) >= 11 is 1.60. The molecule has 0 saturated carbocycles. The number of hydrogen-bond donors (Lipinski definition) is 2. The van der Waals surface area contributed by atoms with Gasteiger partial charge in [0.1, 0.15) is 6.04 Å². The molecule has 196 valence electrons. The molecule has 1 unspecified atom stereocenters. The molecular weight excluding hydrogens is 486 g/mol. The number of para-hydroxylation sites is 1. The number of thioether (sulfide) groups is 1. The van der Waals surface area contributed by atoms with Crippen LogP contribution in [0.15, 0.2) is 58.9 Å². The molecule has 2 heterocycles. The molecule has 3 aromatic rings. The average molecular weight is 522 g/mol. The minimum absolute atomic E-state index is 0.197. The molecule has 1 aliphatic heterocycles. The standard InChI is InChI=1S/C28H35N5O3S/c1-6-15-36-22-14-13-20(17-23(22)35-8-3)25-24(26(34)30-21-12-10-9-11-18(21)4)19(5)29-27-31-28(32-33(25)27)37-16-7-2/h9-14,17,25H,6-8,15-16H2,1-5H3,(H,30,34)(H,29,31,32). The first-order valence-corrected chi connectivity index (χ1v) is 13.8. The van der Waals surface area contributed by atoms with Gasteiger partial charge in [0.2, 0.25) is 11.1 Å². The van der Waals surface area contributed by atoms with Crippen molar-refractivity contribution in [3.05, 3.63) is 64.9 Å². The number of allylic oxidation sites excluding steroid dienone is 1. The quantitative estimate of drug-likeness (QED) is 0.290. The van der Waals surface area contributed by atoms with E-state index in [0.29, 0.717) is 41.4 Å². The number of aryl methyl sites for hydroxylation is 1. The number of benzene rings is 2. The van der Waals surface area contributed by atoms with E-state index in [1.54, 1.807) is 16.4 Å². The van der Waals surface area contributed by atoms with Gasteiger partial charge >= 0.3 is 0 Å². The van der Waals surface area contributed by atoms with Gasteiger partial charge in [-0.3, -0.25) is 4.79 Å². The lowest BCUT2D eigenvalue weighted by atomic mass is 9.94. The van der Waals surface area contributed by atoms with Crippen molar-refractivity contribution in [1.82, 2.24) is 14.8 Å². The van der Waals surface area contributed by atoms with E-state index in [1.807, 2.05) is 63.2 Å². The van der Waals surface area contributed by atoms with E-state index >= 15 is 0 Å². The van der Waals surface area contributed by atoms with Crippen molar-refractivity contribution in [2.24, 2.45) is 0 Å². The molecule has 37 heavy (non-hydrogen) atoms. The lowest BCUT2D eigenvalue weighted by Crippen LogP contribution is -2.31. The van der Waals surface area contributed by atoms with Gasteiger partial charge in [0.05, 0.1) is 18.8 Å². The number of hydrogen-bond acceptors (Lipinski definition) is 7. The van der Waals surface area contributed by atoms with Crippen LogP contribution in [0, 0.1) is 6.92 Å². The van der Waals surface area contributed by atoms with Crippen LogP contribution in [0.5, 0.6) is 11.5 Å². The summed E-state index contributed by atoms with van der Waals surface area (Å²) in [7, 11) is 0. The topological polar surface area (TPSA) is 90.3 Å². The summed E-state index contributed by atoms with van der Waals surface area (Å²) in [6, 6.07) is 13.1. The van der Waals surface area contributed by atoms with E-state index in [9.17, 15) is 4.79 Å². The Bertz CT molecular complexity index is 1290. The Morgan fingerprint density at radius 2 is 1.89 bits per heavy atom. The first-order valence-electron chi connectivity index (χ1n) is 12.8. The van der Waals surface area contributed by atoms with Crippen molar-refractivity contribution >= 4 is 29.3 Å². The lowest BCUT2D eigenvalue weighted by Gasteiger charge is -2.29. The van der Waals surface area contributed by atoms with E-state index in [1.165, 1.54) is 0 Å². The highest BCUT2D eigenvalue weighted by molar-refractivity contribution is 7.99. The number of nitrogens with one attached hydrogen (secondary N) is 2. The van der Waals surface area contributed by atoms with Crippen LogP contribution >= 0.6 is 11.8 Å². The van der Waals surface area contributed by atoms with Gasteiger partial charge in [-0.2, -0.15) is 4.98 Å². The number of aromatic nitrogens is 3. The fraction of sp³-hybridized carbons (Fsp3) is 0.393. The van der Waals surface area contributed by atoms with E-state index in [-0.39, 0.29) is 5.91 Å². The fourth-order valence-corrected chi connectivity index (χ4v) is 4.87. The Balaban J connectivity index is 1.79. The summed E-state index contributed by atoms with van der Waals surface area (Å²) in [6.45, 7) is 11.1. The summed E-state index contributed by atoms with van der Waals surface area (Å²) in [6.07, 6.45) is 1.91. The maximum atomic E-state index is 13.8. The van der Waals surface area contributed by atoms with E-state index in [4.69, 9.17) is 19.6 Å². The second-order valence-corrected chi connectivity index (χ2v) is 9.90. The number of carbonyl (C=O) groups is 1. The highest BCUT2D eigenvalue weighted by Crippen LogP contribution is 2.40. The van der Waals surface area contributed by atoms with Crippen molar-refractivity contribution in [2.45, 2.75) is 58.7 Å². The molecule has 0 spiro atoms. The SMILES string of the molecule is CCCOc1ccc(C2C(C(=O)Nc3ccccc3C)=C(C)Nc3nc(SCCC)nn32)cc1OCC. The number of rotatable bonds is 11. The van der Waals surface area contributed by atoms with Gasteiger partial charge < -0.3 is 20.1 Å². The fourth-order valence-electron chi connectivity index (χ4n) is 4.19. The molecule has 0 bridgehead atoms. The zero-order chi connectivity index (χ0) is 26.4. The van der Waals surface area contributed by atoms with Gasteiger partial charge in [-0.15, -0.1) is 5.10 Å². The number of carbonyl (C=O) groups excluding carboxylic acids is 1. The van der Waals surface area contributed by atoms with Crippen LogP contribution in [0.3, 0.4) is 0 Å². The monoisotopic (exact) mass is 521 g/mol. The molecule has 1 aromatic heterocycles. The Hall–Kier alpha value is -3.46. The smallest absolute Gasteiger partial charge is 0.255 e. The minimum atomic E-state index is -0.497. The first kappa shape index (κ1) is 26.6. The van der Waals surface area contributed by atoms with Gasteiger partial charge in [-0.05, 0) is 62.9 Å². The van der Waals surface area contributed by atoms with Crippen LogP contribution in [0.1, 0.15) is 57.7 Å². The average Bonchev–Trinajstić information content (AvgIpc) is 3.29. The van der Waals surface area contributed by atoms with E-state index in [2.05, 4.69) is 24.5 Å². The molecule has 2 N–H and O–H groups in total. The van der Waals surface area contributed by atoms with Crippen LogP contribution in [0.4, 0.5) is 11.6 Å². The normalized spacial score (nSPS) is 14.7. The van der Waals surface area contributed by atoms with Gasteiger partial charge in [0, 0.05) is 17.1 Å². The molecule has 0 fully saturated rings. The Labute approximate surface area is 222 Å². The summed E-state index contributed by atoms with van der Waals surface area (Å²) in [4.78, 5) is 18.5. The Morgan fingerprint density at radius 1 is 1.08 bits per heavy atom. The first-order chi connectivity index (χ1) is 18.0.